The maximum atomic E-state index is 12.6. The van der Waals surface area contributed by atoms with Crippen LogP contribution in [0.25, 0.3) is 11.0 Å². The van der Waals surface area contributed by atoms with E-state index >= 15 is 0 Å². The van der Waals surface area contributed by atoms with Crippen LogP contribution in [0.4, 0.5) is 0 Å². The highest BCUT2D eigenvalue weighted by molar-refractivity contribution is 6.38. The van der Waals surface area contributed by atoms with E-state index in [1.54, 1.807) is 11.0 Å². The topological polar surface area (TPSA) is 55.0 Å². The summed E-state index contributed by atoms with van der Waals surface area (Å²) in [6, 6.07) is 4.64. The Morgan fingerprint density at radius 3 is 2.61 bits per heavy atom. The molecule has 0 atom stereocenters. The monoisotopic (exact) mass is 355 g/mol. The zero-order valence-electron chi connectivity index (χ0n) is 12.7. The van der Waals surface area contributed by atoms with Crippen molar-refractivity contribution in [2.75, 3.05) is 32.7 Å². The second kappa shape index (κ2) is 6.51. The maximum Gasteiger partial charge on any atom is 0.349 e. The number of nitrogens with one attached hydrogen (secondary N) is 1. The highest BCUT2D eigenvalue weighted by atomic mass is 35.5. The lowest BCUT2D eigenvalue weighted by Gasteiger charge is -2.31. The molecule has 122 valence electrons. The minimum absolute atomic E-state index is 0.0239. The molecule has 0 spiro atoms. The molecule has 1 saturated heterocycles. The van der Waals surface area contributed by atoms with Gasteiger partial charge in [0.1, 0.15) is 5.56 Å². The van der Waals surface area contributed by atoms with Crippen LogP contribution in [0.15, 0.2) is 27.4 Å². The fourth-order valence-corrected chi connectivity index (χ4v) is 3.40. The molecule has 5 nitrogen and oxygen atoms in total. The average Bonchev–Trinajstić information content (AvgIpc) is 2.54. The Balaban J connectivity index is 1.95. The smallest absolute Gasteiger partial charge is 0.349 e. The summed E-state index contributed by atoms with van der Waals surface area (Å²) in [4.78, 5) is 27.9. The fraction of sp³-hybridized carbons (Fsp3) is 0.375. The Kier molecular flexibility index (Phi) is 4.62. The van der Waals surface area contributed by atoms with Gasteiger partial charge in [-0.25, -0.2) is 4.79 Å². The van der Waals surface area contributed by atoms with Gasteiger partial charge in [-0.2, -0.15) is 0 Å². The fourth-order valence-electron chi connectivity index (χ4n) is 2.86. The van der Waals surface area contributed by atoms with Gasteiger partial charge in [0.25, 0.3) is 5.91 Å². The van der Waals surface area contributed by atoms with Gasteiger partial charge in [0.15, 0.2) is 5.58 Å². The molecular weight excluding hydrogens is 339 g/mol. The summed E-state index contributed by atoms with van der Waals surface area (Å²) in [5.41, 5.74) is -0.398. The highest BCUT2D eigenvalue weighted by Gasteiger charge is 2.26. The van der Waals surface area contributed by atoms with E-state index < -0.39 is 5.63 Å². The molecule has 7 heteroatoms. The number of piperazine rings is 1. The summed E-state index contributed by atoms with van der Waals surface area (Å²) in [5.74, 6) is -0.299. The number of hydrogen-bond acceptors (Lipinski definition) is 3. The molecule has 0 aliphatic carbocycles. The standard InChI is InChI=1S/C16H16Cl2N2O3/c1-2-19-3-5-20(6-4-19)15(21)12-8-10-7-11(17)9-13(18)14(10)23-16(12)22/h7-9H,2-6H2,1H3/p+1. The van der Waals surface area contributed by atoms with Crippen molar-refractivity contribution in [3.05, 3.63) is 44.2 Å². The first kappa shape index (κ1) is 16.3. The molecule has 23 heavy (non-hydrogen) atoms. The first-order chi connectivity index (χ1) is 11.0. The van der Waals surface area contributed by atoms with E-state index in [4.69, 9.17) is 27.6 Å². The number of halogens is 2. The van der Waals surface area contributed by atoms with Crippen LogP contribution in [-0.2, 0) is 0 Å². The van der Waals surface area contributed by atoms with Crippen molar-refractivity contribution in [3.8, 4) is 0 Å². The molecule has 1 N–H and O–H groups in total. The summed E-state index contributed by atoms with van der Waals surface area (Å²) in [7, 11) is 0. The summed E-state index contributed by atoms with van der Waals surface area (Å²) in [6.07, 6.45) is 0. The van der Waals surface area contributed by atoms with Crippen LogP contribution in [0, 0.1) is 0 Å². The molecule has 1 amide bonds. The van der Waals surface area contributed by atoms with Gasteiger partial charge in [-0.05, 0) is 25.1 Å². The lowest BCUT2D eigenvalue weighted by molar-refractivity contribution is -0.902. The number of nitrogens with zero attached hydrogens (tertiary/aromatic N) is 1. The third kappa shape index (κ3) is 3.22. The van der Waals surface area contributed by atoms with E-state index in [2.05, 4.69) is 6.92 Å². The van der Waals surface area contributed by atoms with E-state index in [-0.39, 0.29) is 22.1 Å². The summed E-state index contributed by atoms with van der Waals surface area (Å²) in [6.45, 7) is 6.21. The Morgan fingerprint density at radius 1 is 1.26 bits per heavy atom. The van der Waals surface area contributed by atoms with E-state index in [1.807, 2.05) is 0 Å². The molecule has 0 unspecified atom stereocenters. The van der Waals surface area contributed by atoms with Crippen LogP contribution in [0.3, 0.4) is 0 Å². The number of benzene rings is 1. The maximum absolute atomic E-state index is 12.6. The molecule has 1 aliphatic rings. The zero-order valence-corrected chi connectivity index (χ0v) is 14.2. The molecule has 3 rings (SSSR count). The van der Waals surface area contributed by atoms with Gasteiger partial charge in [0.2, 0.25) is 0 Å². The van der Waals surface area contributed by atoms with E-state index in [0.29, 0.717) is 23.5 Å². The SMILES string of the molecule is CC[NH+]1CCN(C(=O)c2cc3cc(Cl)cc(Cl)c3oc2=O)CC1. The Labute approximate surface area is 143 Å². The number of amides is 1. The van der Waals surface area contributed by atoms with Crippen LogP contribution < -0.4 is 10.5 Å². The summed E-state index contributed by atoms with van der Waals surface area (Å²) in [5, 5.41) is 1.22. The molecule has 1 aromatic carbocycles. The largest absolute Gasteiger partial charge is 0.421 e. The second-order valence-corrected chi connectivity index (χ2v) is 6.49. The van der Waals surface area contributed by atoms with Gasteiger partial charge in [-0.15, -0.1) is 0 Å². The molecule has 1 aliphatic heterocycles. The van der Waals surface area contributed by atoms with Gasteiger partial charge >= 0.3 is 5.63 Å². The summed E-state index contributed by atoms with van der Waals surface area (Å²) >= 11 is 12.0. The van der Waals surface area contributed by atoms with Crippen molar-refractivity contribution in [1.29, 1.82) is 0 Å². The number of carbonyl (C=O) groups is 1. The molecule has 0 radical (unpaired) electrons. The number of likely N-dealkylation sites (N-methyl/N-ethyl adjacent to an activating group) is 1. The molecule has 0 saturated carbocycles. The van der Waals surface area contributed by atoms with E-state index in [0.717, 1.165) is 19.6 Å². The predicted molar refractivity (Wildman–Crippen MR) is 89.6 cm³/mol. The quantitative estimate of drug-likeness (QED) is 0.829. The second-order valence-electron chi connectivity index (χ2n) is 5.65. The van der Waals surface area contributed by atoms with Crippen LogP contribution in [0.1, 0.15) is 17.3 Å². The number of fused-ring (bicyclic) bond motifs is 1. The van der Waals surface area contributed by atoms with Crippen LogP contribution >= 0.6 is 23.2 Å². The minimum Gasteiger partial charge on any atom is -0.421 e. The molecule has 0 bridgehead atoms. The Hall–Kier alpha value is -1.56. The summed E-state index contributed by atoms with van der Waals surface area (Å²) < 4.78 is 5.23. The van der Waals surface area contributed by atoms with Crippen molar-refractivity contribution >= 4 is 40.1 Å². The van der Waals surface area contributed by atoms with Crippen LogP contribution in [0.5, 0.6) is 0 Å². The van der Waals surface area contributed by atoms with Crippen molar-refractivity contribution in [3.63, 3.8) is 0 Å². The molecule has 2 aromatic rings. The highest BCUT2D eigenvalue weighted by Crippen LogP contribution is 2.27. The van der Waals surface area contributed by atoms with Gasteiger partial charge < -0.3 is 14.2 Å². The first-order valence-electron chi connectivity index (χ1n) is 7.55. The Morgan fingerprint density at radius 2 is 1.96 bits per heavy atom. The third-order valence-corrected chi connectivity index (χ3v) is 4.74. The number of quaternary nitrogens is 1. The number of rotatable bonds is 2. The molecule has 1 aromatic heterocycles. The molecule has 1 fully saturated rings. The van der Waals surface area contributed by atoms with Crippen LogP contribution in [0.2, 0.25) is 10.0 Å². The van der Waals surface area contributed by atoms with Crippen molar-refractivity contribution < 1.29 is 14.1 Å². The number of carbonyl (C=O) groups excluding carboxylic acids is 1. The lowest BCUT2D eigenvalue weighted by Crippen LogP contribution is -3.14. The van der Waals surface area contributed by atoms with Crippen molar-refractivity contribution in [2.45, 2.75) is 6.92 Å². The van der Waals surface area contributed by atoms with Crippen molar-refractivity contribution in [1.82, 2.24) is 4.90 Å². The van der Waals surface area contributed by atoms with E-state index in [9.17, 15) is 9.59 Å². The minimum atomic E-state index is -0.669. The normalized spacial score (nSPS) is 16.0. The zero-order chi connectivity index (χ0) is 16.6. The van der Waals surface area contributed by atoms with Gasteiger partial charge in [-0.3, -0.25) is 4.79 Å². The molecular formula is C16H17Cl2N2O3+. The van der Waals surface area contributed by atoms with Gasteiger partial charge in [-0.1, -0.05) is 23.2 Å². The molecule has 2 heterocycles. The van der Waals surface area contributed by atoms with Crippen LogP contribution in [-0.4, -0.2) is 43.5 Å². The van der Waals surface area contributed by atoms with Gasteiger partial charge in [0, 0.05) is 10.4 Å². The third-order valence-electron chi connectivity index (χ3n) is 4.24. The first-order valence-corrected chi connectivity index (χ1v) is 8.31. The number of hydrogen-bond donors (Lipinski definition) is 1. The Bertz CT molecular complexity index is 811. The predicted octanol–water partition coefficient (Wildman–Crippen LogP) is 1.46. The lowest BCUT2D eigenvalue weighted by atomic mass is 10.1. The van der Waals surface area contributed by atoms with E-state index in [1.165, 1.54) is 17.0 Å². The average molecular weight is 356 g/mol. The van der Waals surface area contributed by atoms with Gasteiger partial charge in [0.05, 0.1) is 37.7 Å². The van der Waals surface area contributed by atoms with Crippen molar-refractivity contribution in [2.24, 2.45) is 0 Å².